The average molecular weight is 351 g/mol. The Morgan fingerprint density at radius 2 is 2.04 bits per heavy atom. The van der Waals surface area contributed by atoms with Crippen molar-refractivity contribution in [1.29, 1.82) is 0 Å². The number of aromatic nitrogens is 2. The molecule has 0 bridgehead atoms. The minimum atomic E-state index is -0.285. The van der Waals surface area contributed by atoms with E-state index in [0.717, 1.165) is 16.9 Å². The molecule has 0 aliphatic rings. The first-order valence-corrected chi connectivity index (χ1v) is 8.03. The first kappa shape index (κ1) is 17.4. The molecule has 3 aromatic rings. The maximum Gasteiger partial charge on any atom is 0.249 e. The lowest BCUT2D eigenvalue weighted by atomic mass is 10.2. The molecule has 6 heteroatoms. The Balaban J connectivity index is 1.57. The van der Waals surface area contributed by atoms with Gasteiger partial charge in [0.2, 0.25) is 5.91 Å². The van der Waals surface area contributed by atoms with Gasteiger partial charge >= 0.3 is 0 Å². The van der Waals surface area contributed by atoms with Crippen LogP contribution in [0.3, 0.4) is 0 Å². The number of nitrogens with zero attached hydrogens (tertiary/aromatic N) is 2. The summed E-state index contributed by atoms with van der Waals surface area (Å²) >= 11 is 0. The summed E-state index contributed by atoms with van der Waals surface area (Å²) in [6.45, 7) is 0.426. The van der Waals surface area contributed by atoms with Crippen LogP contribution in [-0.2, 0) is 11.3 Å². The number of ether oxygens (including phenoxy) is 1. The fraction of sp³-hybridized carbons (Fsp3) is 0.100. The minimum Gasteiger partial charge on any atom is -0.497 e. The van der Waals surface area contributed by atoms with Crippen LogP contribution in [0.2, 0.25) is 0 Å². The number of anilines is 1. The summed E-state index contributed by atoms with van der Waals surface area (Å²) in [5.74, 6) is 0.630. The Bertz CT molecular complexity index is 917. The molecule has 1 amide bonds. The number of nitrogens with one attached hydrogen (secondary N) is 1. The van der Waals surface area contributed by atoms with Crippen LogP contribution in [0, 0.1) is 5.82 Å². The summed E-state index contributed by atoms with van der Waals surface area (Å²) in [6.07, 6.45) is 4.87. The summed E-state index contributed by atoms with van der Waals surface area (Å²) in [6, 6.07) is 15.4. The van der Waals surface area contributed by atoms with E-state index in [-0.39, 0.29) is 11.7 Å². The second-order valence-corrected chi connectivity index (χ2v) is 5.62. The third-order valence-electron chi connectivity index (χ3n) is 3.67. The van der Waals surface area contributed by atoms with Gasteiger partial charge in [-0.15, -0.1) is 0 Å². The first-order valence-electron chi connectivity index (χ1n) is 8.03. The molecule has 0 radical (unpaired) electrons. The lowest BCUT2D eigenvalue weighted by Gasteiger charge is -2.02. The summed E-state index contributed by atoms with van der Waals surface area (Å²) in [4.78, 5) is 12.0. The molecule has 5 nitrogen and oxygen atoms in total. The highest BCUT2D eigenvalue weighted by atomic mass is 19.1. The smallest absolute Gasteiger partial charge is 0.249 e. The van der Waals surface area contributed by atoms with Crippen LogP contribution < -0.4 is 10.1 Å². The van der Waals surface area contributed by atoms with Crippen molar-refractivity contribution in [2.45, 2.75) is 6.54 Å². The zero-order valence-electron chi connectivity index (χ0n) is 14.2. The minimum absolute atomic E-state index is 0.281. The van der Waals surface area contributed by atoms with Gasteiger partial charge in [0.25, 0.3) is 0 Å². The molecule has 26 heavy (non-hydrogen) atoms. The monoisotopic (exact) mass is 351 g/mol. The summed E-state index contributed by atoms with van der Waals surface area (Å²) in [5, 5.41) is 6.96. The average Bonchev–Trinajstić information content (AvgIpc) is 3.07. The maximum atomic E-state index is 13.2. The van der Waals surface area contributed by atoms with Gasteiger partial charge in [0.05, 0.1) is 13.7 Å². The first-order chi connectivity index (χ1) is 12.6. The highest BCUT2D eigenvalue weighted by Crippen LogP contribution is 2.12. The van der Waals surface area contributed by atoms with Crippen LogP contribution in [0.5, 0.6) is 5.75 Å². The fourth-order valence-corrected chi connectivity index (χ4v) is 2.39. The lowest BCUT2D eigenvalue weighted by molar-refractivity contribution is -0.111. The van der Waals surface area contributed by atoms with Crippen molar-refractivity contribution < 1.29 is 13.9 Å². The molecule has 1 N–H and O–H groups in total. The number of methoxy groups -OCH3 is 1. The Morgan fingerprint density at radius 1 is 1.23 bits per heavy atom. The van der Waals surface area contributed by atoms with Gasteiger partial charge in [-0.1, -0.05) is 24.3 Å². The Labute approximate surface area is 150 Å². The second kappa shape index (κ2) is 8.11. The van der Waals surface area contributed by atoms with Gasteiger partial charge in [-0.2, -0.15) is 5.10 Å². The normalized spacial score (nSPS) is 10.8. The van der Waals surface area contributed by atoms with Gasteiger partial charge in [0.1, 0.15) is 11.6 Å². The van der Waals surface area contributed by atoms with Crippen molar-refractivity contribution in [1.82, 2.24) is 9.78 Å². The number of hydrogen-bond acceptors (Lipinski definition) is 3. The van der Waals surface area contributed by atoms with Gasteiger partial charge in [-0.25, -0.2) is 4.39 Å². The van der Waals surface area contributed by atoms with Crippen LogP contribution in [0.25, 0.3) is 6.08 Å². The molecule has 2 aromatic carbocycles. The molecule has 1 aromatic heterocycles. The highest BCUT2D eigenvalue weighted by molar-refractivity contribution is 6.01. The Hall–Kier alpha value is -3.41. The van der Waals surface area contributed by atoms with Crippen LogP contribution >= 0.6 is 0 Å². The third-order valence-corrected chi connectivity index (χ3v) is 3.67. The van der Waals surface area contributed by atoms with E-state index in [0.29, 0.717) is 12.4 Å². The maximum absolute atomic E-state index is 13.2. The van der Waals surface area contributed by atoms with E-state index < -0.39 is 0 Å². The predicted octanol–water partition coefficient (Wildman–Crippen LogP) is 3.73. The summed E-state index contributed by atoms with van der Waals surface area (Å²) < 4.78 is 19.9. The highest BCUT2D eigenvalue weighted by Gasteiger charge is 2.03. The topological polar surface area (TPSA) is 56.1 Å². The van der Waals surface area contributed by atoms with E-state index in [9.17, 15) is 9.18 Å². The van der Waals surface area contributed by atoms with Crippen molar-refractivity contribution in [3.05, 3.63) is 83.8 Å². The van der Waals surface area contributed by atoms with Gasteiger partial charge in [-0.3, -0.25) is 9.48 Å². The molecule has 1 heterocycles. The Kier molecular flexibility index (Phi) is 5.43. The molecule has 0 unspecified atom stereocenters. The fourth-order valence-electron chi connectivity index (χ4n) is 2.39. The van der Waals surface area contributed by atoms with Crippen LogP contribution in [0.4, 0.5) is 10.2 Å². The number of amides is 1. The van der Waals surface area contributed by atoms with E-state index in [4.69, 9.17) is 4.74 Å². The Morgan fingerprint density at radius 3 is 2.77 bits per heavy atom. The molecule has 0 saturated carbocycles. The third kappa shape index (κ3) is 4.80. The van der Waals surface area contributed by atoms with Crippen molar-refractivity contribution in [2.75, 3.05) is 12.4 Å². The van der Waals surface area contributed by atoms with Crippen LogP contribution in [-0.4, -0.2) is 22.8 Å². The van der Waals surface area contributed by atoms with Crippen LogP contribution in [0.15, 0.2) is 66.9 Å². The number of halogens is 1. The van der Waals surface area contributed by atoms with E-state index in [1.165, 1.54) is 18.2 Å². The molecule has 132 valence electrons. The summed E-state index contributed by atoms with van der Waals surface area (Å²) in [5.41, 5.74) is 1.68. The van der Waals surface area contributed by atoms with E-state index in [1.807, 2.05) is 30.3 Å². The number of carbonyl (C=O) groups is 1. The zero-order chi connectivity index (χ0) is 18.4. The van der Waals surface area contributed by atoms with E-state index in [2.05, 4.69) is 10.4 Å². The van der Waals surface area contributed by atoms with Gasteiger partial charge in [0.15, 0.2) is 5.82 Å². The number of rotatable bonds is 6. The van der Waals surface area contributed by atoms with E-state index in [1.54, 1.807) is 36.2 Å². The van der Waals surface area contributed by atoms with Crippen molar-refractivity contribution >= 4 is 17.8 Å². The molecule has 3 rings (SSSR count). The molecular weight excluding hydrogens is 333 g/mol. The molecule has 0 fully saturated rings. The number of hydrogen-bond donors (Lipinski definition) is 1. The standard InChI is InChI=1S/C20H18FN3O2/c1-26-18-8-5-15(6-9-18)7-10-20(25)22-19-11-12-24(23-19)14-16-3-2-4-17(21)13-16/h2-13H,14H2,1H3,(H,22,23,25)/b10-7+. The predicted molar refractivity (Wildman–Crippen MR) is 98.4 cm³/mol. The molecule has 0 aliphatic heterocycles. The van der Waals surface area contributed by atoms with Gasteiger partial charge in [0, 0.05) is 18.3 Å². The molecule has 0 spiro atoms. The molecular formula is C20H18FN3O2. The summed E-state index contributed by atoms with van der Waals surface area (Å²) in [7, 11) is 1.60. The second-order valence-electron chi connectivity index (χ2n) is 5.62. The number of carbonyl (C=O) groups excluding carboxylic acids is 1. The lowest BCUT2D eigenvalue weighted by Crippen LogP contribution is -2.09. The zero-order valence-corrected chi connectivity index (χ0v) is 14.2. The quantitative estimate of drug-likeness (QED) is 0.689. The molecule has 0 aliphatic carbocycles. The van der Waals surface area contributed by atoms with E-state index >= 15 is 0 Å². The molecule has 0 saturated heterocycles. The van der Waals surface area contributed by atoms with Crippen molar-refractivity contribution in [3.8, 4) is 5.75 Å². The largest absolute Gasteiger partial charge is 0.497 e. The van der Waals surface area contributed by atoms with Gasteiger partial charge < -0.3 is 10.1 Å². The molecule has 0 atom stereocenters. The van der Waals surface area contributed by atoms with Crippen molar-refractivity contribution in [2.24, 2.45) is 0 Å². The van der Waals surface area contributed by atoms with Crippen LogP contribution in [0.1, 0.15) is 11.1 Å². The number of benzene rings is 2. The van der Waals surface area contributed by atoms with Crippen molar-refractivity contribution in [3.63, 3.8) is 0 Å². The SMILES string of the molecule is COc1ccc(/C=C/C(=O)Nc2ccn(Cc3cccc(F)c3)n2)cc1. The van der Waals surface area contributed by atoms with Gasteiger partial charge in [-0.05, 0) is 41.5 Å².